The second kappa shape index (κ2) is 5.32. The molecule has 1 aromatic carbocycles. The number of benzene rings is 1. The Balaban J connectivity index is 2.17. The molecule has 2 rings (SSSR count). The minimum absolute atomic E-state index is 0.0400. The van der Waals surface area contributed by atoms with Crippen molar-refractivity contribution in [2.45, 2.75) is 32.2 Å². The topological polar surface area (TPSA) is 91.1 Å². The lowest BCUT2D eigenvalue weighted by Crippen LogP contribution is -2.37. The van der Waals surface area contributed by atoms with Crippen molar-refractivity contribution in [3.8, 4) is 11.5 Å². The van der Waals surface area contributed by atoms with Gasteiger partial charge in [-0.1, -0.05) is 11.6 Å². The van der Waals surface area contributed by atoms with Crippen LogP contribution in [-0.2, 0) is 9.47 Å². The largest absolute Gasteiger partial charge is 0.506 e. The Bertz CT molecular complexity index is 576. The van der Waals surface area contributed by atoms with Gasteiger partial charge in [-0.05, 0) is 20.8 Å². The first-order chi connectivity index (χ1) is 9.62. The molecule has 1 aromatic rings. The van der Waals surface area contributed by atoms with E-state index in [1.165, 1.54) is 0 Å². The molecule has 0 radical (unpaired) electrons. The Morgan fingerprint density at radius 2 is 2.14 bits per heavy atom. The van der Waals surface area contributed by atoms with Crippen LogP contribution in [0.3, 0.4) is 0 Å². The molecule has 1 aliphatic rings. The van der Waals surface area contributed by atoms with Gasteiger partial charge < -0.3 is 19.3 Å². The van der Waals surface area contributed by atoms with Gasteiger partial charge in [0.2, 0.25) is 5.75 Å². The van der Waals surface area contributed by atoms with Crippen LogP contribution in [0, 0.1) is 10.1 Å². The first kappa shape index (κ1) is 15.8. The molecule has 7 nitrogen and oxygen atoms in total. The van der Waals surface area contributed by atoms with Crippen molar-refractivity contribution in [2.24, 2.45) is 0 Å². The molecular weight excluding hydrogens is 302 g/mol. The molecular formula is C13H16ClNO6. The summed E-state index contributed by atoms with van der Waals surface area (Å²) in [4.78, 5) is 10.4. The summed E-state index contributed by atoms with van der Waals surface area (Å²) in [7, 11) is 0. The predicted octanol–water partition coefficient (Wildman–Crippen LogP) is 2.87. The number of nitrogens with zero attached hydrogens (tertiary/aromatic N) is 1. The number of ether oxygens (including phenoxy) is 3. The number of rotatable bonds is 4. The molecule has 116 valence electrons. The van der Waals surface area contributed by atoms with Crippen molar-refractivity contribution in [1.29, 1.82) is 0 Å². The summed E-state index contributed by atoms with van der Waals surface area (Å²) in [6, 6.07) is 2.16. The monoisotopic (exact) mass is 317 g/mol. The summed E-state index contributed by atoms with van der Waals surface area (Å²) in [6.45, 7) is 5.67. The summed E-state index contributed by atoms with van der Waals surface area (Å²) in [5.41, 5.74) is -1.05. The molecule has 1 aliphatic heterocycles. The first-order valence-electron chi connectivity index (χ1n) is 6.26. The maximum atomic E-state index is 11.0. The number of phenolic OH excluding ortho intramolecular Hbond substituents is 1. The molecule has 1 saturated heterocycles. The number of halogens is 1. The highest BCUT2D eigenvalue weighted by Crippen LogP contribution is 2.38. The summed E-state index contributed by atoms with van der Waals surface area (Å²) in [5.74, 6) is -1.09. The van der Waals surface area contributed by atoms with Crippen LogP contribution >= 0.6 is 11.6 Å². The van der Waals surface area contributed by atoms with E-state index < -0.39 is 16.3 Å². The predicted molar refractivity (Wildman–Crippen MR) is 74.8 cm³/mol. The highest BCUT2D eigenvalue weighted by molar-refractivity contribution is 6.32. The third kappa shape index (κ3) is 3.55. The van der Waals surface area contributed by atoms with Crippen LogP contribution in [0.2, 0.25) is 5.02 Å². The summed E-state index contributed by atoms with van der Waals surface area (Å²) >= 11 is 5.67. The van der Waals surface area contributed by atoms with E-state index in [1.807, 2.05) is 0 Å². The molecule has 0 aliphatic carbocycles. The van der Waals surface area contributed by atoms with E-state index in [0.717, 1.165) is 12.1 Å². The third-order valence-electron chi connectivity index (χ3n) is 2.98. The van der Waals surface area contributed by atoms with Crippen molar-refractivity contribution >= 4 is 17.3 Å². The van der Waals surface area contributed by atoms with Crippen LogP contribution in [0.4, 0.5) is 5.69 Å². The molecule has 0 saturated carbocycles. The number of phenols is 1. The van der Waals surface area contributed by atoms with Crippen molar-refractivity contribution in [2.75, 3.05) is 13.2 Å². The number of aromatic hydroxyl groups is 1. The van der Waals surface area contributed by atoms with E-state index in [2.05, 4.69) is 0 Å². The zero-order chi connectivity index (χ0) is 15.8. The molecule has 1 N–H and O–H groups in total. The Kier molecular flexibility index (Phi) is 4.01. The van der Waals surface area contributed by atoms with Crippen LogP contribution < -0.4 is 4.74 Å². The van der Waals surface area contributed by atoms with Crippen molar-refractivity contribution in [3.05, 3.63) is 27.3 Å². The molecule has 1 atom stereocenters. The molecule has 0 amide bonds. The average Bonchev–Trinajstić information content (AvgIpc) is 2.65. The van der Waals surface area contributed by atoms with E-state index >= 15 is 0 Å². The van der Waals surface area contributed by atoms with Gasteiger partial charge in [0.15, 0.2) is 5.79 Å². The van der Waals surface area contributed by atoms with Gasteiger partial charge in [-0.3, -0.25) is 10.1 Å². The Labute approximate surface area is 126 Å². The maximum absolute atomic E-state index is 11.0. The zero-order valence-electron chi connectivity index (χ0n) is 11.9. The van der Waals surface area contributed by atoms with Crippen LogP contribution in [-0.4, -0.2) is 34.6 Å². The Morgan fingerprint density at radius 1 is 1.48 bits per heavy atom. The second-order valence-electron chi connectivity index (χ2n) is 5.56. The molecule has 1 heterocycles. The van der Waals surface area contributed by atoms with Gasteiger partial charge in [-0.2, -0.15) is 0 Å². The highest BCUT2D eigenvalue weighted by atomic mass is 35.5. The van der Waals surface area contributed by atoms with Crippen LogP contribution in [0.15, 0.2) is 12.1 Å². The number of nitro groups is 1. The van der Waals surface area contributed by atoms with Crippen molar-refractivity contribution in [1.82, 2.24) is 0 Å². The zero-order valence-corrected chi connectivity index (χ0v) is 12.6. The fourth-order valence-electron chi connectivity index (χ4n) is 2.07. The van der Waals surface area contributed by atoms with Gasteiger partial charge >= 0.3 is 5.69 Å². The molecule has 0 bridgehead atoms. The molecule has 1 unspecified atom stereocenters. The molecule has 8 heteroatoms. The molecule has 1 fully saturated rings. The molecule has 0 aromatic heterocycles. The summed E-state index contributed by atoms with van der Waals surface area (Å²) < 4.78 is 16.6. The van der Waals surface area contributed by atoms with E-state index in [9.17, 15) is 15.2 Å². The Morgan fingerprint density at radius 3 is 2.67 bits per heavy atom. The van der Waals surface area contributed by atoms with E-state index in [4.69, 9.17) is 25.8 Å². The fourth-order valence-corrected chi connectivity index (χ4v) is 2.23. The van der Waals surface area contributed by atoms with Gasteiger partial charge in [0.05, 0.1) is 16.6 Å². The normalized spacial score (nSPS) is 24.0. The maximum Gasteiger partial charge on any atom is 0.312 e. The number of hydrogen-bond acceptors (Lipinski definition) is 6. The first-order valence-corrected chi connectivity index (χ1v) is 6.63. The Hall–Kier alpha value is -1.57. The van der Waals surface area contributed by atoms with Gasteiger partial charge in [0.1, 0.15) is 18.0 Å². The van der Waals surface area contributed by atoms with Crippen LogP contribution in [0.25, 0.3) is 0 Å². The van der Waals surface area contributed by atoms with Gasteiger partial charge in [-0.25, -0.2) is 0 Å². The quantitative estimate of drug-likeness (QED) is 0.678. The minimum Gasteiger partial charge on any atom is -0.506 e. The third-order valence-corrected chi connectivity index (χ3v) is 3.28. The average molecular weight is 318 g/mol. The lowest BCUT2D eigenvalue weighted by molar-refractivity contribution is -0.386. The van der Waals surface area contributed by atoms with Crippen LogP contribution in [0.1, 0.15) is 20.8 Å². The number of nitro benzene ring substituents is 1. The summed E-state index contributed by atoms with van der Waals surface area (Å²) in [6.07, 6.45) is 0. The van der Waals surface area contributed by atoms with Gasteiger partial charge in [0, 0.05) is 12.1 Å². The van der Waals surface area contributed by atoms with Crippen LogP contribution in [0.5, 0.6) is 11.5 Å². The molecule has 21 heavy (non-hydrogen) atoms. The molecule has 0 spiro atoms. The van der Waals surface area contributed by atoms with E-state index in [-0.39, 0.29) is 28.8 Å². The smallest absolute Gasteiger partial charge is 0.312 e. The van der Waals surface area contributed by atoms with E-state index in [0.29, 0.717) is 6.61 Å². The summed E-state index contributed by atoms with van der Waals surface area (Å²) in [5, 5.41) is 20.4. The lowest BCUT2D eigenvalue weighted by atomic mass is 10.1. The van der Waals surface area contributed by atoms with Crippen molar-refractivity contribution < 1.29 is 24.2 Å². The lowest BCUT2D eigenvalue weighted by Gasteiger charge is -2.25. The SMILES string of the molecule is CC1(COc2cc(O)c(Cl)cc2[N+](=O)[O-])COC(C)(C)O1. The van der Waals surface area contributed by atoms with Gasteiger partial charge in [-0.15, -0.1) is 0 Å². The highest BCUT2D eigenvalue weighted by Gasteiger charge is 2.43. The second-order valence-corrected chi connectivity index (χ2v) is 5.96. The van der Waals surface area contributed by atoms with Gasteiger partial charge in [0.25, 0.3) is 0 Å². The van der Waals surface area contributed by atoms with Crippen molar-refractivity contribution in [3.63, 3.8) is 0 Å². The minimum atomic E-state index is -0.730. The fraction of sp³-hybridized carbons (Fsp3) is 0.538. The number of hydrogen-bond donors (Lipinski definition) is 1. The van der Waals surface area contributed by atoms with E-state index in [1.54, 1.807) is 20.8 Å². The standard InChI is InChI=1S/C13H16ClNO6/c1-12(2)20-7-13(3,21-12)6-19-11-5-10(16)8(14)4-9(11)15(17)18/h4-5,16H,6-7H2,1-3H3.